The van der Waals surface area contributed by atoms with Crippen molar-refractivity contribution in [3.05, 3.63) is 70.6 Å². The summed E-state index contributed by atoms with van der Waals surface area (Å²) in [5.41, 5.74) is 1.11. The zero-order chi connectivity index (χ0) is 24.7. The number of carbonyl (C=O) groups is 1. The largest absolute Gasteiger partial charge is 0.573 e. The molecule has 1 aliphatic heterocycles. The number of hydrogen-bond donors (Lipinski definition) is 4. The lowest BCUT2D eigenvalue weighted by molar-refractivity contribution is -0.274. The van der Waals surface area contributed by atoms with Crippen LogP contribution in [0.4, 0.5) is 13.2 Å². The number of hydrogen-bond acceptors (Lipinski definition) is 7. The molecule has 0 radical (unpaired) electrons. The Bertz CT molecular complexity index is 1000. The number of alkyl halides is 3. The van der Waals surface area contributed by atoms with Crippen LogP contribution >= 0.6 is 11.6 Å². The first kappa shape index (κ1) is 25.3. The maximum Gasteiger partial charge on any atom is 0.573 e. The highest BCUT2D eigenvalue weighted by Gasteiger charge is 2.37. The Labute approximate surface area is 199 Å². The van der Waals surface area contributed by atoms with E-state index < -0.39 is 12.7 Å². The lowest BCUT2D eigenvalue weighted by atomic mass is 10.2. The maximum absolute atomic E-state index is 12.9. The maximum atomic E-state index is 12.9. The second-order valence-corrected chi connectivity index (χ2v) is 7.63. The topological polar surface area (TPSA) is 95.1 Å². The number of amides is 1. The van der Waals surface area contributed by atoms with E-state index in [-0.39, 0.29) is 42.8 Å². The third-order valence-corrected chi connectivity index (χ3v) is 4.98. The smallest absolute Gasteiger partial charge is 0.452 e. The summed E-state index contributed by atoms with van der Waals surface area (Å²) in [4.78, 5) is 14.6. The van der Waals surface area contributed by atoms with E-state index in [0.717, 1.165) is 17.7 Å². The molecule has 34 heavy (non-hydrogen) atoms. The molecule has 12 heteroatoms. The van der Waals surface area contributed by atoms with Gasteiger partial charge in [0.25, 0.3) is 12.3 Å². The van der Waals surface area contributed by atoms with Crippen molar-refractivity contribution in [3.8, 4) is 11.5 Å². The molecule has 2 aromatic rings. The van der Waals surface area contributed by atoms with Gasteiger partial charge in [-0.2, -0.15) is 0 Å². The fraction of sp³-hybridized carbons (Fsp3) is 0.318. The van der Waals surface area contributed by atoms with Gasteiger partial charge in [-0.05, 0) is 48.4 Å². The number of carbonyl (C=O) groups excluding carboxylic acids is 1. The van der Waals surface area contributed by atoms with E-state index in [2.05, 4.69) is 20.7 Å². The summed E-state index contributed by atoms with van der Waals surface area (Å²) in [5.74, 6) is -0.113. The summed E-state index contributed by atoms with van der Waals surface area (Å²) in [6, 6.07) is 12.0. The highest BCUT2D eigenvalue weighted by molar-refractivity contribution is 6.30. The van der Waals surface area contributed by atoms with Crippen LogP contribution in [0.1, 0.15) is 12.0 Å². The third-order valence-electron chi connectivity index (χ3n) is 4.73. The highest BCUT2D eigenvalue weighted by Crippen LogP contribution is 2.28. The Kier molecular flexibility index (Phi) is 8.35. The lowest BCUT2D eigenvalue weighted by Crippen LogP contribution is -2.44. The van der Waals surface area contributed by atoms with Crippen molar-refractivity contribution in [2.45, 2.75) is 25.7 Å². The lowest BCUT2D eigenvalue weighted by Gasteiger charge is -2.28. The van der Waals surface area contributed by atoms with E-state index in [0.29, 0.717) is 17.3 Å². The zero-order valence-electron chi connectivity index (χ0n) is 18.2. The summed E-state index contributed by atoms with van der Waals surface area (Å²) >= 11 is 5.98. The minimum atomic E-state index is -4.80. The molecule has 0 spiro atoms. The SMILES string of the molecule is CNC1=C(C(=O)NCCCO)N(Cc2ccc(Cl)cc2)C(Oc2ccc(OC(F)(F)F)cc2)N1. The van der Waals surface area contributed by atoms with Gasteiger partial charge < -0.3 is 35.4 Å². The van der Waals surface area contributed by atoms with Crippen molar-refractivity contribution in [1.82, 2.24) is 20.9 Å². The molecule has 1 heterocycles. The minimum absolute atomic E-state index is 0.0647. The van der Waals surface area contributed by atoms with E-state index in [9.17, 15) is 18.0 Å². The number of rotatable bonds is 10. The number of benzene rings is 2. The van der Waals surface area contributed by atoms with Crippen LogP contribution in [-0.2, 0) is 11.3 Å². The van der Waals surface area contributed by atoms with Crippen LogP contribution in [-0.4, -0.2) is 48.8 Å². The second kappa shape index (κ2) is 11.2. The van der Waals surface area contributed by atoms with Crippen molar-refractivity contribution in [2.75, 3.05) is 20.2 Å². The molecule has 0 saturated carbocycles. The van der Waals surface area contributed by atoms with E-state index in [1.165, 1.54) is 12.1 Å². The summed E-state index contributed by atoms with van der Waals surface area (Å²) < 4.78 is 47.1. The van der Waals surface area contributed by atoms with Gasteiger partial charge in [0.1, 0.15) is 23.0 Å². The van der Waals surface area contributed by atoms with Gasteiger partial charge in [-0.25, -0.2) is 0 Å². The molecule has 4 N–H and O–H groups in total. The van der Waals surface area contributed by atoms with E-state index in [1.807, 2.05) is 0 Å². The van der Waals surface area contributed by atoms with Gasteiger partial charge in [0.2, 0.25) is 0 Å². The van der Waals surface area contributed by atoms with Gasteiger partial charge in [0.15, 0.2) is 0 Å². The van der Waals surface area contributed by atoms with Gasteiger partial charge in [-0.1, -0.05) is 23.7 Å². The zero-order valence-corrected chi connectivity index (χ0v) is 18.9. The first-order chi connectivity index (χ1) is 16.2. The van der Waals surface area contributed by atoms with Crippen molar-refractivity contribution in [2.24, 2.45) is 0 Å². The van der Waals surface area contributed by atoms with Crippen LogP contribution in [0.15, 0.2) is 60.0 Å². The second-order valence-electron chi connectivity index (χ2n) is 7.19. The predicted octanol–water partition coefficient (Wildman–Crippen LogP) is 2.89. The average Bonchev–Trinajstić information content (AvgIpc) is 3.12. The molecule has 0 aliphatic carbocycles. The van der Waals surface area contributed by atoms with Gasteiger partial charge in [0.05, 0.1) is 0 Å². The molecule has 8 nitrogen and oxygen atoms in total. The molecule has 0 saturated heterocycles. The highest BCUT2D eigenvalue weighted by atomic mass is 35.5. The summed E-state index contributed by atoms with van der Waals surface area (Å²) in [6.07, 6.45) is -5.26. The molecule has 1 amide bonds. The first-order valence-electron chi connectivity index (χ1n) is 10.3. The molecule has 0 fully saturated rings. The number of ether oxygens (including phenoxy) is 2. The Hall–Kier alpha value is -3.31. The van der Waals surface area contributed by atoms with Gasteiger partial charge in [0, 0.05) is 31.8 Å². The molecule has 0 aromatic heterocycles. The Morgan fingerprint density at radius 1 is 1.15 bits per heavy atom. The number of aliphatic hydroxyl groups excluding tert-OH is 1. The number of aliphatic hydroxyl groups is 1. The molecule has 0 bridgehead atoms. The predicted molar refractivity (Wildman–Crippen MR) is 118 cm³/mol. The van der Waals surface area contributed by atoms with Crippen LogP contribution in [0.2, 0.25) is 5.02 Å². The first-order valence-corrected chi connectivity index (χ1v) is 10.7. The normalized spacial score (nSPS) is 15.7. The molecule has 2 aromatic carbocycles. The van der Waals surface area contributed by atoms with Crippen molar-refractivity contribution in [1.29, 1.82) is 0 Å². The van der Waals surface area contributed by atoms with Gasteiger partial charge in [-0.3, -0.25) is 4.79 Å². The Morgan fingerprint density at radius 3 is 2.38 bits per heavy atom. The van der Waals surface area contributed by atoms with Crippen LogP contribution in [0.25, 0.3) is 0 Å². The molecule has 1 unspecified atom stereocenters. The standard InChI is InChI=1S/C22H24ClF3N4O4/c1-27-19-18(20(32)28-11-2-12-31)30(13-14-3-5-15(23)6-4-14)21(29-19)33-16-7-9-17(10-8-16)34-22(24,25)26/h3-10,21,27,29,31H,2,11-13H2,1H3,(H,28,32). The van der Waals surface area contributed by atoms with Gasteiger partial charge >= 0.3 is 6.36 Å². The number of halogens is 4. The van der Waals surface area contributed by atoms with E-state index in [1.54, 1.807) is 36.2 Å². The Balaban J connectivity index is 1.83. The fourth-order valence-corrected chi connectivity index (χ4v) is 3.35. The van der Waals surface area contributed by atoms with E-state index >= 15 is 0 Å². The van der Waals surface area contributed by atoms with Crippen molar-refractivity contribution >= 4 is 17.5 Å². The van der Waals surface area contributed by atoms with Crippen LogP contribution < -0.4 is 25.4 Å². The number of nitrogens with one attached hydrogen (secondary N) is 3. The monoisotopic (exact) mass is 500 g/mol. The molecular formula is C22H24ClF3N4O4. The number of nitrogens with zero attached hydrogens (tertiary/aromatic N) is 1. The van der Waals surface area contributed by atoms with Crippen LogP contribution in [0, 0.1) is 0 Å². The van der Waals surface area contributed by atoms with Crippen LogP contribution in [0.5, 0.6) is 11.5 Å². The van der Waals surface area contributed by atoms with Crippen LogP contribution in [0.3, 0.4) is 0 Å². The Morgan fingerprint density at radius 2 is 1.79 bits per heavy atom. The minimum Gasteiger partial charge on any atom is -0.452 e. The molecule has 1 aliphatic rings. The molecular weight excluding hydrogens is 477 g/mol. The molecule has 3 rings (SSSR count). The molecule has 184 valence electrons. The summed E-state index contributed by atoms with van der Waals surface area (Å²) in [7, 11) is 1.63. The third kappa shape index (κ3) is 6.84. The summed E-state index contributed by atoms with van der Waals surface area (Å²) in [5, 5.41) is 18.3. The van der Waals surface area contributed by atoms with E-state index in [4.69, 9.17) is 21.4 Å². The quantitative estimate of drug-likeness (QED) is 0.373. The average molecular weight is 501 g/mol. The summed E-state index contributed by atoms with van der Waals surface area (Å²) in [6.45, 7) is 0.472. The van der Waals surface area contributed by atoms with Crippen molar-refractivity contribution in [3.63, 3.8) is 0 Å². The van der Waals surface area contributed by atoms with Gasteiger partial charge in [-0.15, -0.1) is 13.2 Å². The fourth-order valence-electron chi connectivity index (χ4n) is 3.22. The molecule has 1 atom stereocenters. The van der Waals surface area contributed by atoms with Crippen molar-refractivity contribution < 1.29 is 32.5 Å².